The summed E-state index contributed by atoms with van der Waals surface area (Å²) >= 11 is 0. The minimum Gasteiger partial charge on any atom is -0.444 e. The van der Waals surface area contributed by atoms with E-state index in [2.05, 4.69) is 0 Å². The number of nitro groups is 1. The zero-order valence-corrected chi connectivity index (χ0v) is 26.5. The minimum absolute atomic E-state index is 0.0406. The van der Waals surface area contributed by atoms with Crippen LogP contribution in [0.15, 0.2) is 24.3 Å². The number of rotatable bonds is 2. The van der Waals surface area contributed by atoms with Crippen molar-refractivity contribution in [1.29, 1.82) is 0 Å². The molecule has 0 radical (unpaired) electrons. The summed E-state index contributed by atoms with van der Waals surface area (Å²) in [5, 5.41) is 11.2. The highest BCUT2D eigenvalue weighted by Gasteiger charge is 2.29. The topological polar surface area (TPSA) is 135 Å². The van der Waals surface area contributed by atoms with Crippen molar-refractivity contribution in [2.24, 2.45) is 0 Å². The smallest absolute Gasteiger partial charge is 0.410 e. The van der Waals surface area contributed by atoms with Crippen LogP contribution in [0.5, 0.6) is 0 Å². The van der Waals surface area contributed by atoms with E-state index in [1.807, 2.05) is 4.90 Å². The third kappa shape index (κ3) is 12.0. The van der Waals surface area contributed by atoms with Crippen LogP contribution in [0.4, 0.5) is 25.8 Å². The van der Waals surface area contributed by atoms with Gasteiger partial charge in [0.15, 0.2) is 0 Å². The van der Waals surface area contributed by atoms with Crippen LogP contribution in [0.3, 0.4) is 0 Å². The van der Waals surface area contributed by atoms with E-state index >= 15 is 0 Å². The highest BCUT2D eigenvalue weighted by atomic mass is 16.6. The third-order valence-corrected chi connectivity index (χ3v) is 5.94. The zero-order chi connectivity index (χ0) is 31.9. The fourth-order valence-corrected chi connectivity index (χ4v) is 3.98. The maximum Gasteiger partial charge on any atom is 0.410 e. The van der Waals surface area contributed by atoms with E-state index in [9.17, 15) is 24.5 Å². The number of hydrogen-bond acceptors (Lipinski definition) is 9. The van der Waals surface area contributed by atoms with Crippen LogP contribution in [0.2, 0.25) is 0 Å². The summed E-state index contributed by atoms with van der Waals surface area (Å²) in [6.07, 6.45) is -1.61. The molecule has 1 aromatic rings. The van der Waals surface area contributed by atoms with Gasteiger partial charge in [0, 0.05) is 70.2 Å². The van der Waals surface area contributed by atoms with Gasteiger partial charge in [0.2, 0.25) is 0 Å². The second kappa shape index (κ2) is 13.9. The highest BCUT2D eigenvalue weighted by Crippen LogP contribution is 2.21. The predicted octanol–water partition coefficient (Wildman–Crippen LogP) is 5.13. The molecule has 0 spiro atoms. The standard InChI is InChI=1S/C29H47N5O8/c1-27(2,3)40-24(35)31-16-14-30(22-10-12-23(13-11-22)34(38)39)15-17-32(25(36)41-28(4,5)6)19-21-33(20-18-31)26(37)42-29(7,8)9/h10-13H,14-21H2,1-9H3. The Labute approximate surface area is 248 Å². The van der Waals surface area contributed by atoms with Crippen molar-refractivity contribution in [3.63, 3.8) is 0 Å². The molecule has 0 atom stereocenters. The highest BCUT2D eigenvalue weighted by molar-refractivity contribution is 5.70. The van der Waals surface area contributed by atoms with E-state index in [0.717, 1.165) is 0 Å². The van der Waals surface area contributed by atoms with Crippen molar-refractivity contribution >= 4 is 29.7 Å². The fraction of sp³-hybridized carbons (Fsp3) is 0.690. The van der Waals surface area contributed by atoms with E-state index < -0.39 is 40.0 Å². The lowest BCUT2D eigenvalue weighted by molar-refractivity contribution is -0.384. The van der Waals surface area contributed by atoms with Gasteiger partial charge in [-0.25, -0.2) is 14.4 Å². The number of hydrogen-bond donors (Lipinski definition) is 0. The van der Waals surface area contributed by atoms with Crippen molar-refractivity contribution in [3.8, 4) is 0 Å². The molecule has 1 heterocycles. The maximum atomic E-state index is 13.2. The van der Waals surface area contributed by atoms with Crippen LogP contribution in [-0.2, 0) is 14.2 Å². The van der Waals surface area contributed by atoms with Crippen molar-refractivity contribution in [3.05, 3.63) is 34.4 Å². The van der Waals surface area contributed by atoms with Crippen LogP contribution >= 0.6 is 0 Å². The number of carbonyl (C=O) groups is 3. The maximum absolute atomic E-state index is 13.2. The Kier molecular flexibility index (Phi) is 11.4. The number of nitro benzene ring substituents is 1. The first-order valence-electron chi connectivity index (χ1n) is 14.2. The summed E-state index contributed by atoms with van der Waals surface area (Å²) in [5.74, 6) is 0. The van der Waals surface area contributed by atoms with Crippen LogP contribution in [0.25, 0.3) is 0 Å². The molecule has 13 heteroatoms. The number of non-ortho nitro benzene ring substituents is 1. The van der Waals surface area contributed by atoms with Crippen molar-refractivity contribution in [1.82, 2.24) is 14.7 Å². The summed E-state index contributed by atoms with van der Waals surface area (Å²) in [5.41, 5.74) is -1.53. The minimum atomic E-state index is -0.734. The lowest BCUT2D eigenvalue weighted by atomic mass is 10.2. The summed E-state index contributed by atoms with van der Waals surface area (Å²) in [7, 11) is 0. The molecule has 0 N–H and O–H groups in total. The number of carbonyl (C=O) groups excluding carboxylic acids is 3. The third-order valence-electron chi connectivity index (χ3n) is 5.94. The van der Waals surface area contributed by atoms with E-state index in [1.54, 1.807) is 74.4 Å². The molecule has 0 unspecified atom stereocenters. The summed E-state index contributed by atoms with van der Waals surface area (Å²) < 4.78 is 16.9. The lowest BCUT2D eigenvalue weighted by Gasteiger charge is -2.36. The molecular weight excluding hydrogens is 546 g/mol. The van der Waals surface area contributed by atoms with Gasteiger partial charge in [-0.05, 0) is 74.4 Å². The van der Waals surface area contributed by atoms with Gasteiger partial charge in [-0.2, -0.15) is 0 Å². The van der Waals surface area contributed by atoms with Crippen LogP contribution in [0, 0.1) is 10.1 Å². The van der Waals surface area contributed by atoms with Gasteiger partial charge in [-0.1, -0.05) is 0 Å². The molecule has 1 aromatic carbocycles. The fourth-order valence-electron chi connectivity index (χ4n) is 3.98. The van der Waals surface area contributed by atoms with Gasteiger partial charge < -0.3 is 33.8 Å². The molecule has 0 saturated carbocycles. The average molecular weight is 594 g/mol. The van der Waals surface area contributed by atoms with Crippen LogP contribution in [-0.4, -0.2) is 107 Å². The molecule has 1 aliphatic rings. The first kappa shape index (κ1) is 34.4. The SMILES string of the molecule is CC(C)(C)OC(=O)N1CCN(C(=O)OC(C)(C)C)CCN(c2ccc([N+](=O)[O-])cc2)CCN(C(=O)OC(C)(C)C)CC1. The Morgan fingerprint density at radius 3 is 1.14 bits per heavy atom. The molecule has 42 heavy (non-hydrogen) atoms. The van der Waals surface area contributed by atoms with Gasteiger partial charge >= 0.3 is 18.3 Å². The monoisotopic (exact) mass is 593 g/mol. The number of nitrogens with zero attached hydrogens (tertiary/aromatic N) is 5. The largest absolute Gasteiger partial charge is 0.444 e. The molecule has 3 amide bonds. The summed E-state index contributed by atoms with van der Waals surface area (Å²) in [4.78, 5) is 56.7. The Balaban J connectivity index is 2.43. The molecule has 0 aliphatic carbocycles. The summed E-state index contributed by atoms with van der Waals surface area (Å²) in [6, 6.07) is 6.12. The summed E-state index contributed by atoms with van der Waals surface area (Å²) in [6.45, 7) is 17.8. The molecule has 1 saturated heterocycles. The second-order valence-corrected chi connectivity index (χ2v) is 13.2. The molecule has 236 valence electrons. The number of ether oxygens (including phenoxy) is 3. The van der Waals surface area contributed by atoms with Crippen molar-refractivity contribution in [2.75, 3.05) is 57.3 Å². The number of amides is 3. The van der Waals surface area contributed by atoms with E-state index in [4.69, 9.17) is 14.2 Å². The van der Waals surface area contributed by atoms with Crippen molar-refractivity contribution < 1.29 is 33.5 Å². The van der Waals surface area contributed by atoms with E-state index in [-0.39, 0.29) is 45.0 Å². The lowest BCUT2D eigenvalue weighted by Crippen LogP contribution is -2.51. The van der Waals surface area contributed by atoms with E-state index in [0.29, 0.717) is 18.8 Å². The molecule has 13 nitrogen and oxygen atoms in total. The molecule has 0 bridgehead atoms. The predicted molar refractivity (Wildman–Crippen MR) is 159 cm³/mol. The Bertz CT molecular complexity index is 1050. The Morgan fingerprint density at radius 2 is 0.881 bits per heavy atom. The van der Waals surface area contributed by atoms with Crippen LogP contribution < -0.4 is 4.90 Å². The normalized spacial score (nSPS) is 16.2. The molecule has 1 fully saturated rings. The quantitative estimate of drug-likeness (QED) is 0.260. The van der Waals surface area contributed by atoms with Crippen LogP contribution in [0.1, 0.15) is 62.3 Å². The average Bonchev–Trinajstić information content (AvgIpc) is 2.81. The van der Waals surface area contributed by atoms with Gasteiger partial charge in [0.1, 0.15) is 16.8 Å². The zero-order valence-electron chi connectivity index (χ0n) is 26.5. The Morgan fingerprint density at radius 1 is 0.595 bits per heavy atom. The van der Waals surface area contributed by atoms with Gasteiger partial charge in [-0.3, -0.25) is 10.1 Å². The van der Waals surface area contributed by atoms with Gasteiger partial charge in [0.05, 0.1) is 4.92 Å². The van der Waals surface area contributed by atoms with Crippen molar-refractivity contribution in [2.45, 2.75) is 79.1 Å². The molecule has 2 rings (SSSR count). The van der Waals surface area contributed by atoms with E-state index in [1.165, 1.54) is 26.8 Å². The second-order valence-electron chi connectivity index (χ2n) is 13.2. The number of benzene rings is 1. The van der Waals surface area contributed by atoms with Gasteiger partial charge in [-0.15, -0.1) is 0 Å². The Hall–Kier alpha value is -3.77. The first-order valence-corrected chi connectivity index (χ1v) is 14.2. The first-order chi connectivity index (χ1) is 19.2. The molecule has 1 aliphatic heterocycles. The molecule has 0 aromatic heterocycles. The molecular formula is C29H47N5O8. The van der Waals surface area contributed by atoms with Gasteiger partial charge in [0.25, 0.3) is 5.69 Å². The number of anilines is 1.